The number of amides is 2. The molecule has 0 bridgehead atoms. The lowest BCUT2D eigenvalue weighted by Crippen LogP contribution is -2.32. The van der Waals surface area contributed by atoms with Crippen molar-refractivity contribution in [3.63, 3.8) is 0 Å². The highest BCUT2D eigenvalue weighted by Crippen LogP contribution is 2.31. The minimum atomic E-state index is -0.602. The zero-order valence-corrected chi connectivity index (χ0v) is 17.2. The first-order chi connectivity index (χ1) is 14.6. The molecule has 0 atom stereocenters. The quantitative estimate of drug-likeness (QED) is 0.769. The van der Waals surface area contributed by atoms with Crippen LogP contribution in [0.15, 0.2) is 33.8 Å². The Morgan fingerprint density at radius 3 is 2.53 bits per heavy atom. The number of hydrogen-bond acceptors (Lipinski definition) is 4. The maximum Gasteiger partial charge on any atom is 0.289 e. The average Bonchev–Trinajstić information content (AvgIpc) is 2.93. The summed E-state index contributed by atoms with van der Waals surface area (Å²) >= 11 is 0. The Bertz CT molecular complexity index is 988. The first-order valence-electron chi connectivity index (χ1n) is 10.6. The summed E-state index contributed by atoms with van der Waals surface area (Å²) in [5.41, 5.74) is 4.63. The number of likely N-dealkylation sites (tertiary alicyclic amines) is 1. The molecule has 0 radical (unpaired) electrons. The summed E-state index contributed by atoms with van der Waals surface area (Å²) in [4.78, 5) is 27.3. The molecule has 4 rings (SSSR count). The van der Waals surface area contributed by atoms with E-state index in [-0.39, 0.29) is 11.5 Å². The van der Waals surface area contributed by atoms with E-state index in [9.17, 15) is 14.0 Å². The summed E-state index contributed by atoms with van der Waals surface area (Å²) in [5.74, 6) is -0.162. The molecule has 6 nitrogen and oxygen atoms in total. The Balaban J connectivity index is 1.58. The zero-order valence-electron chi connectivity index (χ0n) is 17.2. The van der Waals surface area contributed by atoms with E-state index >= 15 is 0 Å². The number of carbonyl (C=O) groups excluding carboxylic acids is 2. The van der Waals surface area contributed by atoms with E-state index in [1.807, 2.05) is 11.8 Å². The van der Waals surface area contributed by atoms with Crippen molar-refractivity contribution in [3.05, 3.63) is 58.3 Å². The van der Waals surface area contributed by atoms with E-state index in [0.29, 0.717) is 17.9 Å². The molecule has 30 heavy (non-hydrogen) atoms. The van der Waals surface area contributed by atoms with Gasteiger partial charge in [-0.3, -0.25) is 9.59 Å². The zero-order chi connectivity index (χ0) is 21.1. The number of hydrazone groups is 1. The third-order valence-electron chi connectivity index (χ3n) is 5.82. The first kappa shape index (κ1) is 20.3. The molecule has 158 valence electrons. The van der Waals surface area contributed by atoms with Crippen LogP contribution in [-0.2, 0) is 6.42 Å². The monoisotopic (exact) mass is 411 g/mol. The van der Waals surface area contributed by atoms with E-state index in [4.69, 9.17) is 4.42 Å². The van der Waals surface area contributed by atoms with Crippen molar-refractivity contribution in [2.24, 2.45) is 5.10 Å². The second kappa shape index (κ2) is 8.81. The Hall–Kier alpha value is -2.96. The van der Waals surface area contributed by atoms with Crippen molar-refractivity contribution < 1.29 is 18.4 Å². The van der Waals surface area contributed by atoms with E-state index in [1.165, 1.54) is 18.2 Å². The van der Waals surface area contributed by atoms with Gasteiger partial charge in [0.15, 0.2) is 5.76 Å². The van der Waals surface area contributed by atoms with Crippen LogP contribution < -0.4 is 5.43 Å². The average molecular weight is 411 g/mol. The number of fused-ring (bicyclic) bond motifs is 1. The summed E-state index contributed by atoms with van der Waals surface area (Å²) in [7, 11) is 0. The molecule has 1 saturated heterocycles. The Morgan fingerprint density at radius 2 is 1.80 bits per heavy atom. The number of hydrogen-bond donors (Lipinski definition) is 1. The molecule has 0 unspecified atom stereocenters. The van der Waals surface area contributed by atoms with Crippen molar-refractivity contribution >= 4 is 17.5 Å². The van der Waals surface area contributed by atoms with Gasteiger partial charge < -0.3 is 9.32 Å². The van der Waals surface area contributed by atoms with Crippen molar-refractivity contribution in [3.8, 4) is 0 Å². The van der Waals surface area contributed by atoms with Crippen molar-refractivity contribution in [2.75, 3.05) is 13.1 Å². The highest BCUT2D eigenvalue weighted by atomic mass is 19.1. The Kier molecular flexibility index (Phi) is 5.97. The molecule has 1 aliphatic heterocycles. The van der Waals surface area contributed by atoms with Crippen LogP contribution >= 0.6 is 0 Å². The van der Waals surface area contributed by atoms with Crippen molar-refractivity contribution in [2.45, 2.75) is 51.9 Å². The lowest BCUT2D eigenvalue weighted by molar-refractivity contribution is 0.0726. The van der Waals surface area contributed by atoms with Crippen LogP contribution in [0.3, 0.4) is 0 Å². The van der Waals surface area contributed by atoms with Gasteiger partial charge in [-0.25, -0.2) is 9.82 Å². The van der Waals surface area contributed by atoms with Gasteiger partial charge in [0, 0.05) is 30.6 Å². The van der Waals surface area contributed by atoms with Gasteiger partial charge in [0.25, 0.3) is 11.8 Å². The van der Waals surface area contributed by atoms with E-state index in [0.717, 1.165) is 68.5 Å². The molecule has 1 fully saturated rings. The van der Waals surface area contributed by atoms with Crippen LogP contribution in [0.2, 0.25) is 0 Å². The standard InChI is InChI=1S/C23H26FN3O3/c1-15-20-18(25-26-22(28)16-9-4-5-10-17(16)24)11-8-12-19(20)30-21(15)23(29)27-13-6-2-3-7-14-27/h4-5,9-10H,2-3,6-8,11-14H2,1H3,(H,26,28)/b25-18+. The molecular weight excluding hydrogens is 385 g/mol. The van der Waals surface area contributed by atoms with Gasteiger partial charge in [0.2, 0.25) is 0 Å². The molecule has 1 aliphatic carbocycles. The predicted molar refractivity (Wildman–Crippen MR) is 111 cm³/mol. The van der Waals surface area contributed by atoms with Gasteiger partial charge in [-0.1, -0.05) is 25.0 Å². The van der Waals surface area contributed by atoms with Crippen LogP contribution in [0.1, 0.15) is 76.3 Å². The van der Waals surface area contributed by atoms with Gasteiger partial charge in [0.1, 0.15) is 11.6 Å². The largest absolute Gasteiger partial charge is 0.455 e. The summed E-state index contributed by atoms with van der Waals surface area (Å²) in [6.45, 7) is 3.37. The maximum absolute atomic E-state index is 13.8. The van der Waals surface area contributed by atoms with Gasteiger partial charge >= 0.3 is 0 Å². The number of rotatable bonds is 3. The third kappa shape index (κ3) is 4.01. The molecule has 7 heteroatoms. The number of carbonyl (C=O) groups is 2. The molecule has 2 aliphatic rings. The van der Waals surface area contributed by atoms with Crippen molar-refractivity contribution in [1.29, 1.82) is 0 Å². The summed E-state index contributed by atoms with van der Waals surface area (Å²) in [6.07, 6.45) is 6.52. The number of nitrogens with zero attached hydrogens (tertiary/aromatic N) is 2. The highest BCUT2D eigenvalue weighted by Gasteiger charge is 2.30. The van der Waals surface area contributed by atoms with Crippen LogP contribution in [0.4, 0.5) is 4.39 Å². The van der Waals surface area contributed by atoms with Gasteiger partial charge in [-0.2, -0.15) is 5.10 Å². The number of halogens is 1. The summed E-state index contributed by atoms with van der Waals surface area (Å²) in [5, 5.41) is 4.27. The molecule has 1 aromatic heterocycles. The van der Waals surface area contributed by atoms with Crippen LogP contribution in [-0.4, -0.2) is 35.5 Å². The lowest BCUT2D eigenvalue weighted by atomic mass is 9.93. The topological polar surface area (TPSA) is 74.9 Å². The molecule has 2 aromatic rings. The van der Waals surface area contributed by atoms with E-state index in [1.54, 1.807) is 6.07 Å². The smallest absolute Gasteiger partial charge is 0.289 e. The SMILES string of the molecule is Cc1c(C(=O)N2CCCCCC2)oc2c1/C(=N/NC(=O)c1ccccc1F)CCC2. The van der Waals surface area contributed by atoms with E-state index in [2.05, 4.69) is 10.5 Å². The fourth-order valence-corrected chi connectivity index (χ4v) is 4.23. The van der Waals surface area contributed by atoms with Gasteiger partial charge in [-0.05, 0) is 44.7 Å². The Morgan fingerprint density at radius 1 is 1.07 bits per heavy atom. The number of benzene rings is 1. The van der Waals surface area contributed by atoms with Crippen LogP contribution in [0.5, 0.6) is 0 Å². The summed E-state index contributed by atoms with van der Waals surface area (Å²) < 4.78 is 19.8. The molecule has 1 N–H and O–H groups in total. The fraction of sp³-hybridized carbons (Fsp3) is 0.435. The Labute approximate surface area is 175 Å². The molecule has 2 amide bonds. The minimum absolute atomic E-state index is 0.0566. The predicted octanol–water partition coefficient (Wildman–Crippen LogP) is 4.21. The first-order valence-corrected chi connectivity index (χ1v) is 10.6. The van der Waals surface area contributed by atoms with Gasteiger partial charge in [0.05, 0.1) is 11.3 Å². The normalized spacial score (nSPS) is 18.1. The molecule has 0 saturated carbocycles. The number of furan rings is 1. The number of aryl methyl sites for hydroxylation is 1. The summed E-state index contributed by atoms with van der Waals surface area (Å²) in [6, 6.07) is 5.79. The molecular formula is C23H26FN3O3. The molecule has 1 aromatic carbocycles. The second-order valence-corrected chi connectivity index (χ2v) is 7.89. The second-order valence-electron chi connectivity index (χ2n) is 7.89. The van der Waals surface area contributed by atoms with Crippen LogP contribution in [0.25, 0.3) is 0 Å². The van der Waals surface area contributed by atoms with Crippen molar-refractivity contribution in [1.82, 2.24) is 10.3 Å². The molecule has 2 heterocycles. The van der Waals surface area contributed by atoms with Crippen LogP contribution in [0, 0.1) is 12.7 Å². The maximum atomic E-state index is 13.8. The number of nitrogens with one attached hydrogen (secondary N) is 1. The molecule has 0 spiro atoms. The lowest BCUT2D eigenvalue weighted by Gasteiger charge is -2.19. The third-order valence-corrected chi connectivity index (χ3v) is 5.82. The highest BCUT2D eigenvalue weighted by molar-refractivity contribution is 6.07. The fourth-order valence-electron chi connectivity index (χ4n) is 4.23. The van der Waals surface area contributed by atoms with E-state index < -0.39 is 11.7 Å². The van der Waals surface area contributed by atoms with Gasteiger partial charge in [-0.15, -0.1) is 0 Å². The minimum Gasteiger partial charge on any atom is -0.455 e.